The number of amides is 1. The first-order chi connectivity index (χ1) is 5.65. The van der Waals surface area contributed by atoms with Gasteiger partial charge in [0.25, 0.3) is 12.0 Å². The maximum absolute atomic E-state index is 12.4. The van der Waals surface area contributed by atoms with Crippen LogP contribution in [0.15, 0.2) is 15.8 Å². The van der Waals surface area contributed by atoms with Crippen molar-refractivity contribution in [1.82, 2.24) is 15.1 Å². The molecular weight excluding hydrogens is 169 g/mol. The van der Waals surface area contributed by atoms with E-state index < -0.39 is 17.1 Å². The second kappa shape index (κ2) is 2.99. The lowest BCUT2D eigenvalue weighted by molar-refractivity contribution is -0.110. The number of aromatic amines is 1. The van der Waals surface area contributed by atoms with E-state index in [9.17, 15) is 18.8 Å². The largest absolute Gasteiger partial charge is 0.349 e. The standard InChI is InChI=1S/C5H3FN3O3/c6-3-1-9(7-2-10)5(12)8-4(3)11/h1-2H,(H,8,11,12). The van der Waals surface area contributed by atoms with Crippen molar-refractivity contribution in [3.63, 3.8) is 0 Å². The number of aromatic nitrogens is 2. The van der Waals surface area contributed by atoms with Gasteiger partial charge in [-0.1, -0.05) is 0 Å². The maximum Gasteiger partial charge on any atom is 0.349 e. The summed E-state index contributed by atoms with van der Waals surface area (Å²) in [6.45, 7) is 0. The van der Waals surface area contributed by atoms with Crippen LogP contribution < -0.4 is 16.7 Å². The molecule has 0 saturated heterocycles. The molecule has 1 rings (SSSR count). The van der Waals surface area contributed by atoms with Gasteiger partial charge in [0.05, 0.1) is 6.20 Å². The number of H-pyrrole nitrogens is 1. The SMILES string of the molecule is O=C[N]n1cc(F)c(=O)[nH]c1=O. The van der Waals surface area contributed by atoms with Gasteiger partial charge in [0.1, 0.15) is 0 Å². The normalized spacial score (nSPS) is 9.42. The fourth-order valence-corrected chi connectivity index (χ4v) is 0.575. The summed E-state index contributed by atoms with van der Waals surface area (Å²) in [5, 5.41) is 0. The van der Waals surface area contributed by atoms with E-state index in [2.05, 4.69) is 5.43 Å². The van der Waals surface area contributed by atoms with Crippen LogP contribution in [0.2, 0.25) is 0 Å². The predicted octanol–water partition coefficient (Wildman–Crippen LogP) is -1.80. The summed E-state index contributed by atoms with van der Waals surface area (Å²) in [6, 6.07) is 0. The molecule has 0 aromatic carbocycles. The van der Waals surface area contributed by atoms with Crippen LogP contribution in [0.1, 0.15) is 0 Å². The molecule has 0 aliphatic carbocycles. The average Bonchev–Trinajstić information content (AvgIpc) is 2.01. The average molecular weight is 172 g/mol. The number of halogens is 1. The Kier molecular flexibility index (Phi) is 2.04. The summed E-state index contributed by atoms with van der Waals surface area (Å²) in [4.78, 5) is 32.5. The Bertz CT molecular complexity index is 407. The van der Waals surface area contributed by atoms with Crippen LogP contribution in [0.5, 0.6) is 0 Å². The smallest absolute Gasteiger partial charge is 0.275 e. The lowest BCUT2D eigenvalue weighted by Crippen LogP contribution is -2.35. The molecule has 63 valence electrons. The molecule has 1 aromatic rings. The predicted molar refractivity (Wildman–Crippen MR) is 34.9 cm³/mol. The molecule has 6 nitrogen and oxygen atoms in total. The third-order valence-electron chi connectivity index (χ3n) is 1.05. The second-order valence-electron chi connectivity index (χ2n) is 1.80. The van der Waals surface area contributed by atoms with E-state index in [1.54, 1.807) is 4.98 Å². The zero-order valence-corrected chi connectivity index (χ0v) is 5.65. The van der Waals surface area contributed by atoms with Gasteiger partial charge in [-0.05, 0) is 0 Å². The maximum atomic E-state index is 12.4. The fourth-order valence-electron chi connectivity index (χ4n) is 0.575. The van der Waals surface area contributed by atoms with Crippen molar-refractivity contribution in [3.8, 4) is 0 Å². The van der Waals surface area contributed by atoms with Crippen molar-refractivity contribution >= 4 is 6.41 Å². The summed E-state index contributed by atoms with van der Waals surface area (Å²) in [5.74, 6) is -1.18. The lowest BCUT2D eigenvalue weighted by atomic mass is 10.6. The van der Waals surface area contributed by atoms with Crippen molar-refractivity contribution in [2.75, 3.05) is 0 Å². The highest BCUT2D eigenvalue weighted by Crippen LogP contribution is 1.79. The number of hydrogen-bond acceptors (Lipinski definition) is 3. The summed E-state index contributed by atoms with van der Waals surface area (Å²) < 4.78 is 12.8. The Morgan fingerprint density at radius 1 is 1.58 bits per heavy atom. The molecule has 0 aliphatic rings. The van der Waals surface area contributed by atoms with Gasteiger partial charge in [-0.25, -0.2) is 4.79 Å². The van der Waals surface area contributed by atoms with Crippen LogP contribution in [0.4, 0.5) is 4.39 Å². The summed E-state index contributed by atoms with van der Waals surface area (Å²) in [7, 11) is 0. The first-order valence-electron chi connectivity index (χ1n) is 2.81. The minimum atomic E-state index is -1.18. The number of nitrogens with one attached hydrogen (secondary N) is 1. The zero-order chi connectivity index (χ0) is 9.14. The van der Waals surface area contributed by atoms with Crippen LogP contribution in [0.25, 0.3) is 0 Å². The molecular formula is C5H3FN3O3. The third kappa shape index (κ3) is 1.39. The fraction of sp³-hybridized carbons (Fsp3) is 0. The van der Waals surface area contributed by atoms with E-state index in [0.717, 1.165) is 0 Å². The van der Waals surface area contributed by atoms with E-state index >= 15 is 0 Å². The topological polar surface area (TPSA) is 86.0 Å². The minimum absolute atomic E-state index is 0.0547. The molecule has 0 fully saturated rings. The second-order valence-corrected chi connectivity index (χ2v) is 1.80. The van der Waals surface area contributed by atoms with Crippen molar-refractivity contribution < 1.29 is 9.18 Å². The van der Waals surface area contributed by atoms with E-state index in [1.807, 2.05) is 0 Å². The number of carbonyl (C=O) groups excluding carboxylic acids is 1. The van der Waals surface area contributed by atoms with Gasteiger partial charge in [-0.15, -0.1) is 5.43 Å². The monoisotopic (exact) mass is 172 g/mol. The van der Waals surface area contributed by atoms with E-state index in [1.165, 1.54) is 0 Å². The highest BCUT2D eigenvalue weighted by Gasteiger charge is 2.02. The number of hydrogen-bond donors (Lipinski definition) is 1. The van der Waals surface area contributed by atoms with E-state index in [-0.39, 0.29) is 6.41 Å². The van der Waals surface area contributed by atoms with Gasteiger partial charge in [0, 0.05) is 0 Å². The molecule has 1 aromatic heterocycles. The van der Waals surface area contributed by atoms with Crippen LogP contribution in [-0.2, 0) is 4.79 Å². The summed E-state index contributed by atoms with van der Waals surface area (Å²) in [5.41, 5.74) is 0.816. The van der Waals surface area contributed by atoms with Gasteiger partial charge in [0.15, 0.2) is 0 Å². The Morgan fingerprint density at radius 3 is 2.83 bits per heavy atom. The first kappa shape index (κ1) is 8.18. The molecule has 0 saturated carbocycles. The van der Waals surface area contributed by atoms with Crippen LogP contribution in [-0.4, -0.2) is 16.1 Å². The Morgan fingerprint density at radius 2 is 2.25 bits per heavy atom. The van der Waals surface area contributed by atoms with E-state index in [0.29, 0.717) is 10.9 Å². The Balaban J connectivity index is 3.32. The van der Waals surface area contributed by atoms with Crippen molar-refractivity contribution in [2.45, 2.75) is 0 Å². The molecule has 1 heterocycles. The number of rotatable bonds is 2. The highest BCUT2D eigenvalue weighted by molar-refractivity contribution is 5.44. The quantitative estimate of drug-likeness (QED) is 0.534. The highest BCUT2D eigenvalue weighted by atomic mass is 19.1. The molecule has 1 N–H and O–H groups in total. The molecule has 7 heteroatoms. The third-order valence-corrected chi connectivity index (χ3v) is 1.05. The molecule has 1 radical (unpaired) electrons. The van der Waals surface area contributed by atoms with Crippen molar-refractivity contribution in [3.05, 3.63) is 32.9 Å². The molecule has 0 atom stereocenters. The van der Waals surface area contributed by atoms with Crippen molar-refractivity contribution in [2.24, 2.45) is 0 Å². The van der Waals surface area contributed by atoms with Gasteiger partial charge < -0.3 is 0 Å². The molecule has 0 unspecified atom stereocenters. The Hall–Kier alpha value is -1.92. The first-order valence-corrected chi connectivity index (χ1v) is 2.81. The van der Waals surface area contributed by atoms with Crippen LogP contribution in [0.3, 0.4) is 0 Å². The van der Waals surface area contributed by atoms with Gasteiger partial charge >= 0.3 is 5.69 Å². The summed E-state index contributed by atoms with van der Waals surface area (Å²) >= 11 is 0. The molecule has 0 bridgehead atoms. The van der Waals surface area contributed by atoms with Gasteiger partial charge in [-0.3, -0.25) is 14.6 Å². The van der Waals surface area contributed by atoms with Gasteiger partial charge in [-0.2, -0.15) is 9.07 Å². The zero-order valence-electron chi connectivity index (χ0n) is 5.65. The van der Waals surface area contributed by atoms with Crippen molar-refractivity contribution in [1.29, 1.82) is 0 Å². The number of carbonyl (C=O) groups is 1. The molecule has 0 spiro atoms. The molecule has 0 aliphatic heterocycles. The summed E-state index contributed by atoms with van der Waals surface area (Å²) in [6.07, 6.45) is 0.578. The van der Waals surface area contributed by atoms with Crippen LogP contribution in [0, 0.1) is 5.82 Å². The van der Waals surface area contributed by atoms with Crippen LogP contribution >= 0.6 is 0 Å². The molecule has 1 amide bonds. The van der Waals surface area contributed by atoms with Gasteiger partial charge in [0.2, 0.25) is 5.82 Å². The number of nitrogens with zero attached hydrogens (tertiary/aromatic N) is 2. The molecule has 12 heavy (non-hydrogen) atoms. The minimum Gasteiger partial charge on any atom is -0.275 e. The lowest BCUT2D eigenvalue weighted by Gasteiger charge is -1.96. The Labute approximate surface area is 64.6 Å². The van der Waals surface area contributed by atoms with E-state index in [4.69, 9.17) is 0 Å².